The Morgan fingerprint density at radius 2 is 1.93 bits per heavy atom. The van der Waals surface area contributed by atoms with Crippen LogP contribution >= 0.6 is 0 Å². The van der Waals surface area contributed by atoms with Gasteiger partial charge in [-0.3, -0.25) is 4.99 Å². The molecule has 0 bridgehead atoms. The van der Waals surface area contributed by atoms with Gasteiger partial charge in [-0.05, 0) is 42.2 Å². The van der Waals surface area contributed by atoms with Crippen molar-refractivity contribution in [3.05, 3.63) is 29.8 Å². The van der Waals surface area contributed by atoms with Crippen molar-refractivity contribution >= 4 is 6.21 Å². The Bertz CT molecular complexity index is 288. The third-order valence-corrected chi connectivity index (χ3v) is 1.97. The second-order valence-corrected chi connectivity index (χ2v) is 3.81. The molecule has 0 aromatic heterocycles. The van der Waals surface area contributed by atoms with Crippen LogP contribution in [0, 0.1) is 5.92 Å². The summed E-state index contributed by atoms with van der Waals surface area (Å²) in [5.41, 5.74) is 1.03. The lowest BCUT2D eigenvalue weighted by atomic mass is 10.1. The van der Waals surface area contributed by atoms with Gasteiger partial charge in [0.05, 0.1) is 0 Å². The predicted octanol–water partition coefficient (Wildman–Crippen LogP) is 2.86. The first-order chi connectivity index (χ1) is 6.68. The Morgan fingerprint density at radius 3 is 2.50 bits per heavy atom. The molecule has 0 radical (unpaired) electrons. The molecule has 0 atom stereocenters. The van der Waals surface area contributed by atoms with E-state index >= 15 is 0 Å². The summed E-state index contributed by atoms with van der Waals surface area (Å²) >= 11 is 0. The lowest BCUT2D eigenvalue weighted by Gasteiger charge is -1.99. The Hall–Kier alpha value is -1.31. The van der Waals surface area contributed by atoms with Gasteiger partial charge in [0.2, 0.25) is 0 Å². The molecule has 0 aliphatic heterocycles. The molecule has 1 aromatic rings. The minimum absolute atomic E-state index is 0.296. The zero-order valence-corrected chi connectivity index (χ0v) is 8.77. The molecule has 1 rings (SSSR count). The number of hydrogen-bond donors (Lipinski definition) is 1. The molecule has 0 saturated carbocycles. The summed E-state index contributed by atoms with van der Waals surface area (Å²) < 4.78 is 0. The summed E-state index contributed by atoms with van der Waals surface area (Å²) in [7, 11) is 0. The normalized spacial score (nSPS) is 11.4. The molecule has 1 N–H and O–H groups in total. The van der Waals surface area contributed by atoms with Crippen LogP contribution in [0.25, 0.3) is 0 Å². The molecular formula is C12H17NO. The van der Waals surface area contributed by atoms with E-state index < -0.39 is 0 Å². The van der Waals surface area contributed by atoms with Gasteiger partial charge in [-0.2, -0.15) is 0 Å². The number of rotatable bonds is 4. The molecule has 0 aliphatic rings. The third-order valence-electron chi connectivity index (χ3n) is 1.97. The average Bonchev–Trinajstić information content (AvgIpc) is 2.15. The van der Waals surface area contributed by atoms with Gasteiger partial charge in [-0.15, -0.1) is 0 Å². The van der Waals surface area contributed by atoms with Gasteiger partial charge in [-0.1, -0.05) is 13.8 Å². The summed E-state index contributed by atoms with van der Waals surface area (Å²) in [5.74, 6) is 0.997. The third kappa shape index (κ3) is 4.08. The van der Waals surface area contributed by atoms with Crippen molar-refractivity contribution in [1.82, 2.24) is 0 Å². The number of phenolic OH excluding ortho intramolecular Hbond substituents is 1. The van der Waals surface area contributed by atoms with Crippen LogP contribution in [0.5, 0.6) is 5.75 Å². The predicted molar refractivity (Wildman–Crippen MR) is 60.0 cm³/mol. The lowest BCUT2D eigenvalue weighted by molar-refractivity contribution is 0.475. The minimum Gasteiger partial charge on any atom is -0.508 e. The zero-order chi connectivity index (χ0) is 10.4. The Balaban J connectivity index is 2.40. The van der Waals surface area contributed by atoms with Gasteiger partial charge in [0.15, 0.2) is 0 Å². The first-order valence-corrected chi connectivity index (χ1v) is 4.97. The van der Waals surface area contributed by atoms with Crippen molar-refractivity contribution < 1.29 is 5.11 Å². The van der Waals surface area contributed by atoms with Crippen LogP contribution in [0.1, 0.15) is 25.8 Å². The highest BCUT2D eigenvalue weighted by atomic mass is 16.3. The molecule has 0 saturated heterocycles. The minimum atomic E-state index is 0.296. The highest BCUT2D eigenvalue weighted by molar-refractivity contribution is 5.79. The molecule has 76 valence electrons. The number of aliphatic imine (C=N–C) groups is 1. The van der Waals surface area contributed by atoms with Gasteiger partial charge in [0.25, 0.3) is 0 Å². The summed E-state index contributed by atoms with van der Waals surface area (Å²) in [6, 6.07) is 7.05. The topological polar surface area (TPSA) is 32.6 Å². The molecule has 2 nitrogen and oxygen atoms in total. The number of phenols is 1. The first kappa shape index (κ1) is 10.8. The highest BCUT2D eigenvalue weighted by Crippen LogP contribution is 2.07. The van der Waals surface area contributed by atoms with E-state index in [1.807, 2.05) is 18.3 Å². The summed E-state index contributed by atoms with van der Waals surface area (Å²) in [6.45, 7) is 5.25. The lowest BCUT2D eigenvalue weighted by Crippen LogP contribution is -1.91. The van der Waals surface area contributed by atoms with Crippen molar-refractivity contribution in [1.29, 1.82) is 0 Å². The molecule has 0 aliphatic carbocycles. The average molecular weight is 191 g/mol. The van der Waals surface area contributed by atoms with Gasteiger partial charge >= 0.3 is 0 Å². The van der Waals surface area contributed by atoms with Crippen molar-refractivity contribution in [3.8, 4) is 5.75 Å². The molecule has 0 fully saturated rings. The molecule has 1 aromatic carbocycles. The number of nitrogens with zero attached hydrogens (tertiary/aromatic N) is 1. The smallest absolute Gasteiger partial charge is 0.115 e. The quantitative estimate of drug-likeness (QED) is 0.729. The largest absolute Gasteiger partial charge is 0.508 e. The van der Waals surface area contributed by atoms with Gasteiger partial charge in [-0.25, -0.2) is 0 Å². The van der Waals surface area contributed by atoms with E-state index in [1.165, 1.54) is 0 Å². The molecule has 14 heavy (non-hydrogen) atoms. The van der Waals surface area contributed by atoms with Crippen molar-refractivity contribution in [2.45, 2.75) is 20.3 Å². The maximum Gasteiger partial charge on any atom is 0.115 e. The van der Waals surface area contributed by atoms with Gasteiger partial charge in [0.1, 0.15) is 5.75 Å². The second kappa shape index (κ2) is 5.43. The molecule has 0 amide bonds. The Kier molecular flexibility index (Phi) is 4.17. The Morgan fingerprint density at radius 1 is 1.29 bits per heavy atom. The van der Waals surface area contributed by atoms with Crippen LogP contribution in [0.3, 0.4) is 0 Å². The SMILES string of the molecule is CC(C)CCN=Cc1ccc(O)cc1. The maximum atomic E-state index is 9.06. The van der Waals surface area contributed by atoms with Crippen LogP contribution in [-0.2, 0) is 0 Å². The van der Waals surface area contributed by atoms with Gasteiger partial charge < -0.3 is 5.11 Å². The van der Waals surface area contributed by atoms with E-state index in [4.69, 9.17) is 5.11 Å². The van der Waals surface area contributed by atoms with Crippen LogP contribution in [0.15, 0.2) is 29.3 Å². The van der Waals surface area contributed by atoms with Crippen molar-refractivity contribution in [2.75, 3.05) is 6.54 Å². The molecule has 0 unspecified atom stereocenters. The first-order valence-electron chi connectivity index (χ1n) is 4.97. The van der Waals surface area contributed by atoms with E-state index in [9.17, 15) is 0 Å². The monoisotopic (exact) mass is 191 g/mol. The number of aromatic hydroxyl groups is 1. The molecule has 2 heteroatoms. The van der Waals surface area contributed by atoms with Crippen molar-refractivity contribution in [2.24, 2.45) is 10.9 Å². The standard InChI is InChI=1S/C12H17NO/c1-10(2)7-8-13-9-11-3-5-12(14)6-4-11/h3-6,9-10,14H,7-8H2,1-2H3. The fourth-order valence-corrected chi connectivity index (χ4v) is 1.06. The highest BCUT2D eigenvalue weighted by Gasteiger charge is 1.91. The maximum absolute atomic E-state index is 9.06. The Labute approximate surface area is 85.3 Å². The van der Waals surface area contributed by atoms with E-state index in [-0.39, 0.29) is 0 Å². The fraction of sp³-hybridized carbons (Fsp3) is 0.417. The molecule has 0 spiro atoms. The summed E-state index contributed by atoms with van der Waals surface area (Å²) in [4.78, 5) is 4.30. The van der Waals surface area contributed by atoms with E-state index in [0.29, 0.717) is 11.7 Å². The van der Waals surface area contributed by atoms with Crippen molar-refractivity contribution in [3.63, 3.8) is 0 Å². The molecular weight excluding hydrogens is 174 g/mol. The van der Waals surface area contributed by atoms with E-state index in [1.54, 1.807) is 12.1 Å². The van der Waals surface area contributed by atoms with E-state index in [2.05, 4.69) is 18.8 Å². The summed E-state index contributed by atoms with van der Waals surface area (Å²) in [5, 5.41) is 9.06. The van der Waals surface area contributed by atoms with E-state index in [0.717, 1.165) is 18.5 Å². The fourth-order valence-electron chi connectivity index (χ4n) is 1.06. The van der Waals surface area contributed by atoms with Crippen LogP contribution < -0.4 is 0 Å². The molecule has 0 heterocycles. The zero-order valence-electron chi connectivity index (χ0n) is 8.77. The second-order valence-electron chi connectivity index (χ2n) is 3.81. The van der Waals surface area contributed by atoms with Crippen LogP contribution in [0.2, 0.25) is 0 Å². The van der Waals surface area contributed by atoms with Gasteiger partial charge in [0, 0.05) is 12.8 Å². The number of hydrogen-bond acceptors (Lipinski definition) is 2. The summed E-state index contributed by atoms with van der Waals surface area (Å²) in [6.07, 6.45) is 2.97. The van der Waals surface area contributed by atoms with Crippen LogP contribution in [-0.4, -0.2) is 17.9 Å². The van der Waals surface area contributed by atoms with Crippen LogP contribution in [0.4, 0.5) is 0 Å². The number of benzene rings is 1.